The summed E-state index contributed by atoms with van der Waals surface area (Å²) in [7, 11) is 0. The predicted molar refractivity (Wildman–Crippen MR) is 79.4 cm³/mol. The lowest BCUT2D eigenvalue weighted by Gasteiger charge is -2.09. The Morgan fingerprint density at radius 1 is 1.00 bits per heavy atom. The topological polar surface area (TPSA) is 41.1 Å². The van der Waals surface area contributed by atoms with Crippen LogP contribution in [0.4, 0.5) is 15.8 Å². The van der Waals surface area contributed by atoms with E-state index in [0.29, 0.717) is 5.69 Å². The maximum Gasteiger partial charge on any atom is 0.243 e. The number of rotatable bonds is 4. The Morgan fingerprint density at radius 2 is 1.60 bits per heavy atom. The largest absolute Gasteiger partial charge is 0.376 e. The monoisotopic (exact) mass is 272 g/mol. The van der Waals surface area contributed by atoms with Gasteiger partial charge in [-0.3, -0.25) is 4.79 Å². The molecule has 2 N–H and O–H groups in total. The summed E-state index contributed by atoms with van der Waals surface area (Å²) >= 11 is 0. The Kier molecular flexibility index (Phi) is 4.35. The molecule has 0 fully saturated rings. The quantitative estimate of drug-likeness (QED) is 0.894. The highest BCUT2D eigenvalue weighted by Crippen LogP contribution is 2.13. The summed E-state index contributed by atoms with van der Waals surface area (Å²) in [6, 6.07) is 11.7. The van der Waals surface area contributed by atoms with Crippen LogP contribution in [0.15, 0.2) is 42.5 Å². The highest BCUT2D eigenvalue weighted by Gasteiger charge is 2.03. The smallest absolute Gasteiger partial charge is 0.243 e. The summed E-state index contributed by atoms with van der Waals surface area (Å²) in [5.41, 5.74) is 3.79. The second kappa shape index (κ2) is 6.19. The number of benzene rings is 2. The Bertz CT molecular complexity index is 588. The standard InChI is InChI=1S/C16H17FN2O/c1-11-7-12(2)9-15(8-11)18-10-16(20)19-14-5-3-13(17)4-6-14/h3-9,18H,10H2,1-2H3,(H,19,20). The maximum atomic E-state index is 12.7. The molecule has 2 aromatic rings. The van der Waals surface area contributed by atoms with E-state index in [0.717, 1.165) is 16.8 Å². The van der Waals surface area contributed by atoms with Crippen LogP contribution < -0.4 is 10.6 Å². The lowest BCUT2D eigenvalue weighted by molar-refractivity contribution is -0.114. The third kappa shape index (κ3) is 4.09. The zero-order chi connectivity index (χ0) is 14.5. The van der Waals surface area contributed by atoms with Crippen molar-refractivity contribution in [2.45, 2.75) is 13.8 Å². The summed E-state index contributed by atoms with van der Waals surface area (Å²) in [4.78, 5) is 11.8. The molecule has 0 saturated carbocycles. The maximum absolute atomic E-state index is 12.7. The highest BCUT2D eigenvalue weighted by atomic mass is 19.1. The minimum atomic E-state index is -0.323. The van der Waals surface area contributed by atoms with Gasteiger partial charge in [-0.2, -0.15) is 0 Å². The van der Waals surface area contributed by atoms with E-state index in [1.807, 2.05) is 26.0 Å². The first-order valence-electron chi connectivity index (χ1n) is 6.40. The number of carbonyl (C=O) groups excluding carboxylic acids is 1. The molecule has 0 aliphatic heterocycles. The van der Waals surface area contributed by atoms with E-state index in [4.69, 9.17) is 0 Å². The number of nitrogens with one attached hydrogen (secondary N) is 2. The summed E-state index contributed by atoms with van der Waals surface area (Å²) in [5.74, 6) is -0.493. The van der Waals surface area contributed by atoms with E-state index in [2.05, 4.69) is 16.7 Å². The first kappa shape index (κ1) is 14.1. The van der Waals surface area contributed by atoms with Crippen molar-refractivity contribution in [1.29, 1.82) is 0 Å². The molecule has 1 amide bonds. The molecule has 2 aromatic carbocycles. The molecule has 0 atom stereocenters. The lowest BCUT2D eigenvalue weighted by Crippen LogP contribution is -2.21. The molecular weight excluding hydrogens is 255 g/mol. The number of hydrogen-bond acceptors (Lipinski definition) is 2. The van der Waals surface area contributed by atoms with Crippen LogP contribution in [0.25, 0.3) is 0 Å². The Hall–Kier alpha value is -2.36. The van der Waals surface area contributed by atoms with E-state index >= 15 is 0 Å². The van der Waals surface area contributed by atoms with Gasteiger partial charge in [0.15, 0.2) is 0 Å². The van der Waals surface area contributed by atoms with Gasteiger partial charge in [0.2, 0.25) is 5.91 Å². The zero-order valence-corrected chi connectivity index (χ0v) is 11.5. The molecule has 104 valence electrons. The van der Waals surface area contributed by atoms with Crippen LogP contribution in [0.5, 0.6) is 0 Å². The van der Waals surface area contributed by atoms with E-state index in [1.54, 1.807) is 0 Å². The average Bonchev–Trinajstić information content (AvgIpc) is 2.38. The van der Waals surface area contributed by atoms with Gasteiger partial charge >= 0.3 is 0 Å². The average molecular weight is 272 g/mol. The fraction of sp³-hybridized carbons (Fsp3) is 0.188. The zero-order valence-electron chi connectivity index (χ0n) is 11.5. The van der Waals surface area contributed by atoms with Gasteiger partial charge < -0.3 is 10.6 Å². The van der Waals surface area contributed by atoms with Crippen molar-refractivity contribution in [1.82, 2.24) is 0 Å². The lowest BCUT2D eigenvalue weighted by atomic mass is 10.1. The van der Waals surface area contributed by atoms with Crippen LogP contribution >= 0.6 is 0 Å². The van der Waals surface area contributed by atoms with Crippen molar-refractivity contribution in [3.63, 3.8) is 0 Å². The number of anilines is 2. The molecule has 20 heavy (non-hydrogen) atoms. The van der Waals surface area contributed by atoms with Crippen LogP contribution in [0.1, 0.15) is 11.1 Å². The first-order chi connectivity index (χ1) is 9.52. The molecule has 0 aliphatic rings. The summed E-state index contributed by atoms with van der Waals surface area (Å²) in [6.45, 7) is 4.19. The van der Waals surface area contributed by atoms with Gasteiger partial charge in [-0.15, -0.1) is 0 Å². The van der Waals surface area contributed by atoms with Crippen molar-refractivity contribution in [3.8, 4) is 0 Å². The van der Waals surface area contributed by atoms with Crippen molar-refractivity contribution >= 4 is 17.3 Å². The number of aryl methyl sites for hydroxylation is 2. The van der Waals surface area contributed by atoms with Crippen LogP contribution in [0, 0.1) is 19.7 Å². The van der Waals surface area contributed by atoms with Crippen LogP contribution in [-0.2, 0) is 4.79 Å². The van der Waals surface area contributed by atoms with Crippen LogP contribution in [0.3, 0.4) is 0 Å². The Labute approximate surface area is 117 Å². The van der Waals surface area contributed by atoms with E-state index < -0.39 is 0 Å². The third-order valence-corrected chi connectivity index (χ3v) is 2.80. The SMILES string of the molecule is Cc1cc(C)cc(NCC(=O)Nc2ccc(F)cc2)c1. The van der Waals surface area contributed by atoms with Crippen molar-refractivity contribution in [2.24, 2.45) is 0 Å². The van der Waals surface area contributed by atoms with Gasteiger partial charge in [-0.05, 0) is 61.4 Å². The highest BCUT2D eigenvalue weighted by molar-refractivity contribution is 5.93. The molecule has 0 aliphatic carbocycles. The molecule has 4 heteroatoms. The molecule has 0 heterocycles. The van der Waals surface area contributed by atoms with Crippen molar-refractivity contribution < 1.29 is 9.18 Å². The van der Waals surface area contributed by atoms with E-state index in [1.165, 1.54) is 24.3 Å². The molecular formula is C16H17FN2O. The molecule has 0 saturated heterocycles. The molecule has 2 rings (SSSR count). The fourth-order valence-electron chi connectivity index (χ4n) is 2.00. The van der Waals surface area contributed by atoms with E-state index in [-0.39, 0.29) is 18.3 Å². The number of halogens is 1. The normalized spacial score (nSPS) is 10.2. The Balaban J connectivity index is 1.90. The van der Waals surface area contributed by atoms with Gasteiger partial charge in [0.1, 0.15) is 5.82 Å². The molecule has 3 nitrogen and oxygen atoms in total. The Morgan fingerprint density at radius 3 is 2.20 bits per heavy atom. The number of amides is 1. The minimum absolute atomic E-state index is 0.167. The summed E-state index contributed by atoms with van der Waals surface area (Å²) < 4.78 is 12.7. The van der Waals surface area contributed by atoms with Gasteiger partial charge in [0.25, 0.3) is 0 Å². The van der Waals surface area contributed by atoms with E-state index in [9.17, 15) is 9.18 Å². The minimum Gasteiger partial charge on any atom is -0.376 e. The molecule has 0 spiro atoms. The van der Waals surface area contributed by atoms with Gasteiger partial charge in [0, 0.05) is 11.4 Å². The van der Waals surface area contributed by atoms with Crippen LogP contribution in [-0.4, -0.2) is 12.5 Å². The molecule has 0 aromatic heterocycles. The van der Waals surface area contributed by atoms with Crippen molar-refractivity contribution in [3.05, 3.63) is 59.4 Å². The summed E-state index contributed by atoms with van der Waals surface area (Å²) in [6.07, 6.45) is 0. The summed E-state index contributed by atoms with van der Waals surface area (Å²) in [5, 5.41) is 5.77. The van der Waals surface area contributed by atoms with Gasteiger partial charge in [0.05, 0.1) is 6.54 Å². The van der Waals surface area contributed by atoms with Crippen LogP contribution in [0.2, 0.25) is 0 Å². The second-order valence-corrected chi connectivity index (χ2v) is 4.79. The van der Waals surface area contributed by atoms with Gasteiger partial charge in [-0.25, -0.2) is 4.39 Å². The fourth-order valence-corrected chi connectivity index (χ4v) is 2.00. The predicted octanol–water partition coefficient (Wildman–Crippen LogP) is 3.49. The van der Waals surface area contributed by atoms with Crippen molar-refractivity contribution in [2.75, 3.05) is 17.2 Å². The molecule has 0 bridgehead atoms. The van der Waals surface area contributed by atoms with Gasteiger partial charge in [-0.1, -0.05) is 6.07 Å². The second-order valence-electron chi connectivity index (χ2n) is 4.79. The molecule has 0 radical (unpaired) electrons. The third-order valence-electron chi connectivity index (χ3n) is 2.80. The molecule has 0 unspecified atom stereocenters. The number of carbonyl (C=O) groups is 1. The first-order valence-corrected chi connectivity index (χ1v) is 6.40. The number of hydrogen-bond donors (Lipinski definition) is 2.